The molecular weight excluding hydrogens is 224 g/mol. The number of hydrogen-bond donors (Lipinski definition) is 1. The van der Waals surface area contributed by atoms with Gasteiger partial charge in [-0.15, -0.1) is 0 Å². The Bertz CT molecular complexity index is 563. The molecule has 0 atom stereocenters. The standard InChI is InChI=1S/C14H18N4/c1-2-7-18(11-4-5-11)14-12-8-10(15)3-6-13(12)16-9-17-14/h3,6,8-9,11H,2,4-5,7,15H2,1H3. The third-order valence-electron chi connectivity index (χ3n) is 3.36. The summed E-state index contributed by atoms with van der Waals surface area (Å²) < 4.78 is 0. The van der Waals surface area contributed by atoms with Crippen molar-refractivity contribution in [2.45, 2.75) is 32.2 Å². The van der Waals surface area contributed by atoms with E-state index in [1.807, 2.05) is 18.2 Å². The van der Waals surface area contributed by atoms with Crippen molar-refractivity contribution >= 4 is 22.4 Å². The molecule has 0 saturated heterocycles. The highest BCUT2D eigenvalue weighted by Crippen LogP contribution is 2.34. The van der Waals surface area contributed by atoms with Crippen LogP contribution in [0.2, 0.25) is 0 Å². The van der Waals surface area contributed by atoms with Crippen LogP contribution in [-0.4, -0.2) is 22.6 Å². The molecular formula is C14H18N4. The van der Waals surface area contributed by atoms with Crippen molar-refractivity contribution in [1.29, 1.82) is 0 Å². The van der Waals surface area contributed by atoms with Crippen LogP contribution in [0.15, 0.2) is 24.5 Å². The van der Waals surface area contributed by atoms with Crippen molar-refractivity contribution < 1.29 is 0 Å². The summed E-state index contributed by atoms with van der Waals surface area (Å²) in [6.45, 7) is 3.25. The highest BCUT2D eigenvalue weighted by Gasteiger charge is 2.30. The maximum Gasteiger partial charge on any atom is 0.140 e. The minimum atomic E-state index is 0.657. The molecule has 1 fully saturated rings. The molecule has 1 aliphatic carbocycles. The van der Waals surface area contributed by atoms with E-state index in [9.17, 15) is 0 Å². The molecule has 0 aliphatic heterocycles. The molecule has 1 aliphatic rings. The number of nitrogens with two attached hydrogens (primary N) is 1. The number of rotatable bonds is 4. The fourth-order valence-electron chi connectivity index (χ4n) is 2.38. The van der Waals surface area contributed by atoms with Gasteiger partial charge >= 0.3 is 0 Å². The van der Waals surface area contributed by atoms with Gasteiger partial charge in [-0.1, -0.05) is 6.92 Å². The fourth-order valence-corrected chi connectivity index (χ4v) is 2.38. The van der Waals surface area contributed by atoms with E-state index in [0.29, 0.717) is 6.04 Å². The molecule has 1 saturated carbocycles. The molecule has 4 nitrogen and oxygen atoms in total. The Kier molecular flexibility index (Phi) is 2.78. The Morgan fingerprint density at radius 3 is 2.89 bits per heavy atom. The summed E-state index contributed by atoms with van der Waals surface area (Å²) >= 11 is 0. The van der Waals surface area contributed by atoms with Crippen molar-refractivity contribution in [2.24, 2.45) is 0 Å². The van der Waals surface area contributed by atoms with Gasteiger partial charge in [-0.25, -0.2) is 9.97 Å². The molecule has 3 rings (SSSR count). The maximum atomic E-state index is 5.88. The Morgan fingerprint density at radius 1 is 1.33 bits per heavy atom. The first-order chi connectivity index (χ1) is 8.79. The monoisotopic (exact) mass is 242 g/mol. The van der Waals surface area contributed by atoms with Gasteiger partial charge in [0.1, 0.15) is 12.1 Å². The predicted molar refractivity (Wildman–Crippen MR) is 74.6 cm³/mol. The number of aromatic nitrogens is 2. The van der Waals surface area contributed by atoms with Crippen LogP contribution in [-0.2, 0) is 0 Å². The molecule has 0 unspecified atom stereocenters. The lowest BCUT2D eigenvalue weighted by Crippen LogP contribution is -2.27. The van der Waals surface area contributed by atoms with Gasteiger partial charge in [-0.3, -0.25) is 0 Å². The van der Waals surface area contributed by atoms with Gasteiger partial charge < -0.3 is 10.6 Å². The first-order valence-electron chi connectivity index (χ1n) is 6.56. The molecule has 94 valence electrons. The average Bonchev–Trinajstić information content (AvgIpc) is 3.20. The Morgan fingerprint density at radius 2 is 2.17 bits per heavy atom. The van der Waals surface area contributed by atoms with Crippen LogP contribution < -0.4 is 10.6 Å². The summed E-state index contributed by atoms with van der Waals surface area (Å²) in [4.78, 5) is 11.2. The van der Waals surface area contributed by atoms with Crippen molar-refractivity contribution in [1.82, 2.24) is 9.97 Å². The summed E-state index contributed by atoms with van der Waals surface area (Å²) in [7, 11) is 0. The van der Waals surface area contributed by atoms with Crippen LogP contribution in [0.3, 0.4) is 0 Å². The second kappa shape index (κ2) is 4.44. The van der Waals surface area contributed by atoms with E-state index in [0.717, 1.165) is 35.4 Å². The number of nitrogens with zero attached hydrogens (tertiary/aromatic N) is 3. The molecule has 2 N–H and O–H groups in total. The number of hydrogen-bond acceptors (Lipinski definition) is 4. The Hall–Kier alpha value is -1.84. The lowest BCUT2D eigenvalue weighted by molar-refractivity contribution is 0.753. The lowest BCUT2D eigenvalue weighted by atomic mass is 10.2. The van der Waals surface area contributed by atoms with Gasteiger partial charge in [0, 0.05) is 23.7 Å². The molecule has 4 heteroatoms. The first-order valence-corrected chi connectivity index (χ1v) is 6.56. The van der Waals surface area contributed by atoms with Crippen molar-refractivity contribution in [2.75, 3.05) is 17.2 Å². The Labute approximate surface area is 107 Å². The third-order valence-corrected chi connectivity index (χ3v) is 3.36. The SMILES string of the molecule is CCCN(c1ncnc2ccc(N)cc12)C1CC1. The molecule has 18 heavy (non-hydrogen) atoms. The summed E-state index contributed by atoms with van der Waals surface area (Å²) in [6.07, 6.45) is 5.32. The summed E-state index contributed by atoms with van der Waals surface area (Å²) in [5.41, 5.74) is 7.62. The molecule has 2 aromatic rings. The molecule has 1 heterocycles. The number of anilines is 2. The van der Waals surface area contributed by atoms with Crippen LogP contribution in [0.25, 0.3) is 10.9 Å². The molecule has 1 aromatic carbocycles. The summed E-state index contributed by atoms with van der Waals surface area (Å²) in [5.74, 6) is 1.04. The van der Waals surface area contributed by atoms with Crippen molar-refractivity contribution in [3.63, 3.8) is 0 Å². The Balaban J connectivity index is 2.11. The normalized spacial score (nSPS) is 14.9. The summed E-state index contributed by atoms with van der Waals surface area (Å²) in [6, 6.07) is 6.49. The molecule has 1 aromatic heterocycles. The second-order valence-electron chi connectivity index (χ2n) is 4.90. The van der Waals surface area contributed by atoms with E-state index < -0.39 is 0 Å². The molecule has 0 spiro atoms. The van der Waals surface area contributed by atoms with E-state index in [4.69, 9.17) is 5.73 Å². The highest BCUT2D eigenvalue weighted by atomic mass is 15.2. The fraction of sp³-hybridized carbons (Fsp3) is 0.429. The second-order valence-corrected chi connectivity index (χ2v) is 4.90. The zero-order valence-electron chi connectivity index (χ0n) is 10.6. The molecule has 0 bridgehead atoms. The lowest BCUT2D eigenvalue weighted by Gasteiger charge is -2.24. The minimum absolute atomic E-state index is 0.657. The number of nitrogen functional groups attached to an aromatic ring is 1. The minimum Gasteiger partial charge on any atom is -0.399 e. The van der Waals surface area contributed by atoms with E-state index in [1.54, 1.807) is 6.33 Å². The first kappa shape index (κ1) is 11.3. The number of benzene rings is 1. The average molecular weight is 242 g/mol. The summed E-state index contributed by atoms with van der Waals surface area (Å²) in [5, 5.41) is 1.07. The van der Waals surface area contributed by atoms with Gasteiger partial charge in [0.15, 0.2) is 0 Å². The smallest absolute Gasteiger partial charge is 0.140 e. The van der Waals surface area contributed by atoms with Crippen LogP contribution in [0.4, 0.5) is 11.5 Å². The van der Waals surface area contributed by atoms with Gasteiger partial charge in [0.05, 0.1) is 5.52 Å². The number of fused-ring (bicyclic) bond motifs is 1. The predicted octanol–water partition coefficient (Wildman–Crippen LogP) is 2.59. The van der Waals surface area contributed by atoms with Crippen LogP contribution in [0, 0.1) is 0 Å². The van der Waals surface area contributed by atoms with Gasteiger partial charge in [-0.05, 0) is 37.5 Å². The topological polar surface area (TPSA) is 55.0 Å². The zero-order chi connectivity index (χ0) is 12.5. The quantitative estimate of drug-likeness (QED) is 0.837. The molecule has 0 amide bonds. The van der Waals surface area contributed by atoms with Crippen LogP contribution in [0.1, 0.15) is 26.2 Å². The maximum absolute atomic E-state index is 5.88. The third kappa shape index (κ3) is 1.98. The van der Waals surface area contributed by atoms with Gasteiger partial charge in [0.25, 0.3) is 0 Å². The van der Waals surface area contributed by atoms with Gasteiger partial charge in [0.2, 0.25) is 0 Å². The van der Waals surface area contributed by atoms with Crippen molar-refractivity contribution in [3.8, 4) is 0 Å². The van der Waals surface area contributed by atoms with E-state index >= 15 is 0 Å². The van der Waals surface area contributed by atoms with Crippen LogP contribution >= 0.6 is 0 Å². The van der Waals surface area contributed by atoms with Gasteiger partial charge in [-0.2, -0.15) is 0 Å². The van der Waals surface area contributed by atoms with Crippen LogP contribution in [0.5, 0.6) is 0 Å². The largest absolute Gasteiger partial charge is 0.399 e. The van der Waals surface area contributed by atoms with E-state index in [2.05, 4.69) is 21.8 Å². The highest BCUT2D eigenvalue weighted by molar-refractivity contribution is 5.91. The van der Waals surface area contributed by atoms with E-state index in [-0.39, 0.29) is 0 Å². The zero-order valence-corrected chi connectivity index (χ0v) is 10.6. The molecule has 0 radical (unpaired) electrons. The van der Waals surface area contributed by atoms with Crippen molar-refractivity contribution in [3.05, 3.63) is 24.5 Å². The van der Waals surface area contributed by atoms with E-state index in [1.165, 1.54) is 12.8 Å².